The summed E-state index contributed by atoms with van der Waals surface area (Å²) in [5, 5.41) is 3.03. The van der Waals surface area contributed by atoms with Gasteiger partial charge in [-0.1, -0.05) is 11.6 Å². The number of alkyl halides is 5. The summed E-state index contributed by atoms with van der Waals surface area (Å²) in [4.78, 5) is 25.7. The summed E-state index contributed by atoms with van der Waals surface area (Å²) < 4.78 is 64.9. The lowest BCUT2D eigenvalue weighted by molar-refractivity contribution is -0.731. The van der Waals surface area contributed by atoms with E-state index in [0.717, 1.165) is 18.2 Å². The van der Waals surface area contributed by atoms with E-state index in [4.69, 9.17) is 0 Å². The van der Waals surface area contributed by atoms with E-state index in [9.17, 15) is 31.7 Å². The van der Waals surface area contributed by atoms with Crippen LogP contribution < -0.4 is 10.2 Å². The third-order valence-electron chi connectivity index (χ3n) is 5.29. The monoisotopic (exact) mass is 419 g/mol. The molecule has 1 aromatic rings. The number of nitrogens with zero attached hydrogens (tertiary/aromatic N) is 3. The zero-order chi connectivity index (χ0) is 21.3. The molecular formula is C18H20F5N4O2+. The van der Waals surface area contributed by atoms with Crippen molar-refractivity contribution in [3.05, 3.63) is 47.4 Å². The number of amides is 1. The number of hydrogen-bond acceptors (Lipinski definition) is 3. The van der Waals surface area contributed by atoms with Gasteiger partial charge in [-0.15, -0.1) is 0 Å². The van der Waals surface area contributed by atoms with E-state index in [-0.39, 0.29) is 30.3 Å². The van der Waals surface area contributed by atoms with Crippen LogP contribution in [0.4, 0.5) is 27.6 Å². The highest BCUT2D eigenvalue weighted by Crippen LogP contribution is 2.36. The van der Waals surface area contributed by atoms with Crippen molar-refractivity contribution in [1.82, 2.24) is 10.3 Å². The van der Waals surface area contributed by atoms with Crippen molar-refractivity contribution in [3.8, 4) is 0 Å². The minimum absolute atomic E-state index is 0.188. The lowest BCUT2D eigenvalue weighted by Crippen LogP contribution is -2.54. The molecule has 2 fully saturated rings. The zero-order valence-corrected chi connectivity index (χ0v) is 15.3. The Morgan fingerprint density at radius 1 is 1.28 bits per heavy atom. The second-order valence-corrected chi connectivity index (χ2v) is 7.08. The molecule has 0 bridgehead atoms. The highest BCUT2D eigenvalue weighted by Gasteiger charge is 2.57. The van der Waals surface area contributed by atoms with E-state index in [1.807, 2.05) is 0 Å². The quantitative estimate of drug-likeness (QED) is 0.345. The molecule has 1 amide bonds. The van der Waals surface area contributed by atoms with E-state index in [1.54, 1.807) is 4.90 Å². The van der Waals surface area contributed by atoms with Crippen LogP contribution in [0.3, 0.4) is 0 Å². The lowest BCUT2D eigenvalue weighted by Gasteiger charge is -2.38. The molecule has 29 heavy (non-hydrogen) atoms. The number of hydrazine groups is 1. The molecule has 158 valence electrons. The first-order chi connectivity index (χ1) is 13.6. The third-order valence-corrected chi connectivity index (χ3v) is 5.29. The molecule has 2 saturated heterocycles. The summed E-state index contributed by atoms with van der Waals surface area (Å²) in [5.74, 6) is -0.663. The Bertz CT molecular complexity index is 783. The number of fused-ring (bicyclic) bond motifs is 1. The predicted octanol–water partition coefficient (Wildman–Crippen LogP) is 2.80. The lowest BCUT2D eigenvalue weighted by atomic mass is 9.88. The van der Waals surface area contributed by atoms with Crippen LogP contribution >= 0.6 is 0 Å². The molecule has 3 unspecified atom stereocenters. The van der Waals surface area contributed by atoms with Crippen LogP contribution in [-0.2, 0) is 11.0 Å². The van der Waals surface area contributed by atoms with Gasteiger partial charge in [0.1, 0.15) is 17.5 Å². The molecule has 1 N–H and O–H groups in total. The first kappa shape index (κ1) is 21.0. The second kappa shape index (κ2) is 7.96. The van der Waals surface area contributed by atoms with Crippen LogP contribution in [0, 0.1) is 10.8 Å². The molecule has 0 radical (unpaired) electrons. The van der Waals surface area contributed by atoms with Gasteiger partial charge in [0.05, 0.1) is 10.5 Å². The van der Waals surface area contributed by atoms with Crippen LogP contribution in [0.15, 0.2) is 36.9 Å². The molecule has 0 aromatic heterocycles. The van der Waals surface area contributed by atoms with Crippen molar-refractivity contribution in [2.24, 2.45) is 5.92 Å². The van der Waals surface area contributed by atoms with Crippen molar-refractivity contribution < 1.29 is 31.6 Å². The molecule has 3 rings (SSSR count). The molecule has 11 heteroatoms. The van der Waals surface area contributed by atoms with Crippen LogP contribution in [0.2, 0.25) is 0 Å². The Balaban J connectivity index is 1.86. The Hall–Kier alpha value is -2.72. The molecular weight excluding hydrogens is 399 g/mol. The summed E-state index contributed by atoms with van der Waals surface area (Å²) in [6.45, 7) is 0.618. The first-order valence-electron chi connectivity index (χ1n) is 8.97. The fourth-order valence-electron chi connectivity index (χ4n) is 3.88. The summed E-state index contributed by atoms with van der Waals surface area (Å²) in [6.07, 6.45) is -3.13. The van der Waals surface area contributed by atoms with Crippen molar-refractivity contribution in [2.75, 3.05) is 24.5 Å². The highest BCUT2D eigenvalue weighted by atomic mass is 19.4. The molecule has 2 aliphatic rings. The van der Waals surface area contributed by atoms with Crippen LogP contribution in [0.25, 0.3) is 0 Å². The number of hydrogen-bond donors (Lipinski definition) is 1. The molecule has 0 saturated carbocycles. The normalized spacial score (nSPS) is 24.6. The van der Waals surface area contributed by atoms with Gasteiger partial charge in [0, 0.05) is 31.1 Å². The first-order valence-corrected chi connectivity index (χ1v) is 8.97. The maximum atomic E-state index is 13.2. The third kappa shape index (κ3) is 4.33. The minimum atomic E-state index is -4.49. The Morgan fingerprint density at radius 2 is 1.93 bits per heavy atom. The number of nitrogens with one attached hydrogen (secondary N) is 1. The smallest absolute Gasteiger partial charge is 0.360 e. The summed E-state index contributed by atoms with van der Waals surface area (Å²) in [5.41, 5.74) is -0.423. The van der Waals surface area contributed by atoms with E-state index >= 15 is 0 Å². The molecule has 3 atom stereocenters. The average Bonchev–Trinajstić information content (AvgIpc) is 3.02. The summed E-state index contributed by atoms with van der Waals surface area (Å²) in [7, 11) is 0. The van der Waals surface area contributed by atoms with Crippen LogP contribution in [0.5, 0.6) is 0 Å². The SMILES string of the molecule is C=CC(=O)NCC1CC2C(CN(C(F)F)[N+]2=O)N(c2ccc(C(F)(F)F)cc2)C1. The largest absolute Gasteiger partial charge is 0.416 e. The number of rotatable bonds is 5. The van der Waals surface area contributed by atoms with Gasteiger partial charge >= 0.3 is 12.7 Å². The number of anilines is 1. The van der Waals surface area contributed by atoms with Gasteiger partial charge in [-0.2, -0.15) is 22.0 Å². The van der Waals surface area contributed by atoms with E-state index in [2.05, 4.69) is 11.9 Å². The molecule has 1 aromatic carbocycles. The topological polar surface area (TPSA) is 55.7 Å². The minimum Gasteiger partial charge on any atom is -0.360 e. The van der Waals surface area contributed by atoms with Gasteiger partial charge < -0.3 is 10.2 Å². The van der Waals surface area contributed by atoms with E-state index in [1.165, 1.54) is 12.1 Å². The standard InChI is InChI=1S/C18H19F5N4O2/c1-2-16(28)24-8-11-7-14-15(10-26(17(19)20)27(14)29)25(9-11)13-5-3-12(4-6-13)18(21,22)23/h2-6,11,14-15,17H,1,7-10H2/p+1. The maximum Gasteiger partial charge on any atom is 0.416 e. The van der Waals surface area contributed by atoms with E-state index < -0.39 is 36.3 Å². The number of carbonyl (C=O) groups excluding carboxylic acids is 1. The van der Waals surface area contributed by atoms with Gasteiger partial charge in [-0.25, -0.2) is 0 Å². The van der Waals surface area contributed by atoms with Gasteiger partial charge in [0.25, 0.3) is 6.04 Å². The van der Waals surface area contributed by atoms with Crippen molar-refractivity contribution in [1.29, 1.82) is 0 Å². The number of benzene rings is 1. The van der Waals surface area contributed by atoms with E-state index in [0.29, 0.717) is 17.2 Å². The zero-order valence-electron chi connectivity index (χ0n) is 15.3. The molecule has 0 aliphatic carbocycles. The van der Waals surface area contributed by atoms with Crippen LogP contribution in [-0.4, -0.2) is 54.1 Å². The summed E-state index contributed by atoms with van der Waals surface area (Å²) >= 11 is 0. The number of carbonyl (C=O) groups is 1. The Labute approximate surface area is 163 Å². The average molecular weight is 419 g/mol. The molecule has 0 spiro atoms. The summed E-state index contributed by atoms with van der Waals surface area (Å²) in [6, 6.07) is 2.97. The van der Waals surface area contributed by atoms with Crippen molar-refractivity contribution >= 4 is 11.6 Å². The van der Waals surface area contributed by atoms with Gasteiger partial charge in [-0.3, -0.25) is 4.79 Å². The van der Waals surface area contributed by atoms with Crippen molar-refractivity contribution in [2.45, 2.75) is 31.2 Å². The molecule has 2 aliphatic heterocycles. The number of piperidine rings is 1. The van der Waals surface area contributed by atoms with Gasteiger partial charge in [0.2, 0.25) is 5.91 Å². The van der Waals surface area contributed by atoms with Crippen molar-refractivity contribution in [3.63, 3.8) is 0 Å². The van der Waals surface area contributed by atoms with Crippen LogP contribution in [0.1, 0.15) is 12.0 Å². The maximum absolute atomic E-state index is 13.2. The number of nitroso groups, excluding NO2 is 1. The predicted molar refractivity (Wildman–Crippen MR) is 94.0 cm³/mol. The Kier molecular flexibility index (Phi) is 5.76. The number of halogens is 5. The highest BCUT2D eigenvalue weighted by molar-refractivity contribution is 5.86. The Morgan fingerprint density at radius 3 is 2.48 bits per heavy atom. The second-order valence-electron chi connectivity index (χ2n) is 7.08. The molecule has 6 nitrogen and oxygen atoms in total. The fraction of sp³-hybridized carbons (Fsp3) is 0.500. The molecule has 2 heterocycles. The fourth-order valence-corrected chi connectivity index (χ4v) is 3.88. The van der Waals surface area contributed by atoms with Gasteiger partial charge in [0.15, 0.2) is 0 Å². The van der Waals surface area contributed by atoms with Gasteiger partial charge in [-0.05, 0) is 30.3 Å².